The molecule has 1 amide bonds. The summed E-state index contributed by atoms with van der Waals surface area (Å²) in [5, 5.41) is 65.8. The van der Waals surface area contributed by atoms with Gasteiger partial charge in [-0.25, -0.2) is 0 Å². The molecule has 0 heterocycles. The van der Waals surface area contributed by atoms with Gasteiger partial charge in [0.05, 0.1) is 0 Å². The molecule has 0 aliphatic heterocycles. The molecule has 0 atom stereocenters. The average molecular weight is 1070 g/mol. The third-order valence-corrected chi connectivity index (χ3v) is 16.0. The van der Waals surface area contributed by atoms with Crippen LogP contribution in [0.4, 0.5) is 0 Å². The number of nitrogens with zero attached hydrogens (tertiary/aromatic N) is 6. The number of carbonyl (C=O) groups is 1. The van der Waals surface area contributed by atoms with Crippen LogP contribution in [0, 0.1) is 5.92 Å². The number of amides is 1. The van der Waals surface area contributed by atoms with Crippen LogP contribution in [0.1, 0.15) is 212 Å². The van der Waals surface area contributed by atoms with Gasteiger partial charge >= 0.3 is 42.3 Å². The van der Waals surface area contributed by atoms with Gasteiger partial charge in [-0.05, 0) is 197 Å². The predicted molar refractivity (Wildman–Crippen MR) is 332 cm³/mol. The molecule has 0 aromatic rings. The summed E-state index contributed by atoms with van der Waals surface area (Å²) in [6.45, 7) is 19.8. The van der Waals surface area contributed by atoms with Crippen molar-refractivity contribution < 1.29 is 34.9 Å². The third kappa shape index (κ3) is 46.0. The SMILES string of the molecule is CB(O)N(C)CCCN(CCCCN(CC(CCCCCCNC(=O)CCCCCCCCCCCCCCCCCCCCCCCN)CN(CCCCN(CCCN(C)B(C)O)B(C)O)B(C)O)B(C)O)B(C)O. The lowest BCUT2D eigenvalue weighted by molar-refractivity contribution is -0.121. The van der Waals surface area contributed by atoms with Gasteiger partial charge < -0.3 is 70.1 Å². The van der Waals surface area contributed by atoms with Crippen LogP contribution in [0.3, 0.4) is 0 Å². The summed E-state index contributed by atoms with van der Waals surface area (Å²) < 4.78 is 0. The number of hydrogen-bond acceptors (Lipinski definition) is 14. The molecular weight excluding hydrogens is 950 g/mol. The maximum absolute atomic E-state index is 12.6. The van der Waals surface area contributed by atoms with E-state index in [2.05, 4.69) is 24.6 Å². The summed E-state index contributed by atoms with van der Waals surface area (Å²) in [5.74, 6) is 0.417. The molecule has 0 spiro atoms. The van der Waals surface area contributed by atoms with Crippen molar-refractivity contribution in [3.05, 3.63) is 0 Å². The molecule has 444 valence electrons. The number of nitrogens with two attached hydrogens (primary N) is 1. The molecule has 0 aromatic carbocycles. The average Bonchev–Trinajstić information content (AvgIpc) is 3.37. The molecule has 0 rings (SSSR count). The number of rotatable bonds is 58. The first-order valence-electron chi connectivity index (χ1n) is 31.9. The van der Waals surface area contributed by atoms with Crippen LogP contribution in [0.15, 0.2) is 0 Å². The molecule has 0 aliphatic rings. The van der Waals surface area contributed by atoms with E-state index >= 15 is 0 Å². The van der Waals surface area contributed by atoms with Crippen molar-refractivity contribution >= 4 is 48.2 Å². The second-order valence-corrected chi connectivity index (χ2v) is 23.3. The number of unbranched alkanes of at least 4 members (excludes halogenated alkanes) is 25. The van der Waals surface area contributed by atoms with E-state index in [0.717, 1.165) is 162 Å². The number of hydrogen-bond donors (Lipinski definition) is 8. The van der Waals surface area contributed by atoms with Crippen molar-refractivity contribution in [3.8, 4) is 0 Å². The van der Waals surface area contributed by atoms with Crippen LogP contribution in [0.5, 0.6) is 0 Å². The molecule has 76 heavy (non-hydrogen) atoms. The smallest absolute Gasteiger partial charge is 0.376 e. The summed E-state index contributed by atoms with van der Waals surface area (Å²) in [5.41, 5.74) is 5.58. The first kappa shape index (κ1) is 75.3. The largest absolute Gasteiger partial charge is 0.437 e. The quantitative estimate of drug-likeness (QED) is 0.0214. The van der Waals surface area contributed by atoms with Crippen LogP contribution in [-0.2, 0) is 4.79 Å². The number of nitrogens with one attached hydrogen (secondary N) is 1. The van der Waals surface area contributed by atoms with Crippen LogP contribution in [0.25, 0.3) is 0 Å². The predicted octanol–water partition coefficient (Wildman–Crippen LogP) is 8.28. The summed E-state index contributed by atoms with van der Waals surface area (Å²) in [7, 11) is 0.470. The van der Waals surface area contributed by atoms with E-state index in [4.69, 9.17) is 5.73 Å². The summed E-state index contributed by atoms with van der Waals surface area (Å²) in [4.78, 5) is 24.9. The zero-order valence-corrected chi connectivity index (χ0v) is 51.2. The van der Waals surface area contributed by atoms with E-state index in [1.807, 2.05) is 51.0 Å². The lowest BCUT2D eigenvalue weighted by atomic mass is 9.80. The van der Waals surface area contributed by atoms with Gasteiger partial charge in [0.1, 0.15) is 0 Å². The fourth-order valence-corrected chi connectivity index (χ4v) is 10.4. The Balaban J connectivity index is 4.79. The Morgan fingerprint density at radius 3 is 0.987 bits per heavy atom. The minimum atomic E-state index is -0.612. The van der Waals surface area contributed by atoms with Crippen LogP contribution in [0.2, 0.25) is 40.9 Å². The minimum absolute atomic E-state index is 0.180. The topological polar surface area (TPSA) is 196 Å². The van der Waals surface area contributed by atoms with Gasteiger partial charge in [-0.1, -0.05) is 141 Å². The molecule has 0 saturated carbocycles. The van der Waals surface area contributed by atoms with Crippen LogP contribution < -0.4 is 11.1 Å². The highest BCUT2D eigenvalue weighted by molar-refractivity contribution is 6.46. The Labute approximate surface area is 472 Å². The maximum atomic E-state index is 12.6. The van der Waals surface area contributed by atoms with E-state index in [9.17, 15) is 34.9 Å². The van der Waals surface area contributed by atoms with Gasteiger partial charge in [0.2, 0.25) is 5.91 Å². The third-order valence-electron chi connectivity index (χ3n) is 16.0. The second-order valence-electron chi connectivity index (χ2n) is 23.3. The van der Waals surface area contributed by atoms with Crippen LogP contribution in [-0.4, -0.2) is 200 Å². The van der Waals surface area contributed by atoms with Gasteiger partial charge in [0.15, 0.2) is 0 Å². The summed E-state index contributed by atoms with van der Waals surface area (Å²) >= 11 is 0. The lowest BCUT2D eigenvalue weighted by Gasteiger charge is -2.33. The van der Waals surface area contributed by atoms with E-state index in [-0.39, 0.29) is 11.8 Å². The lowest BCUT2D eigenvalue weighted by Crippen LogP contribution is -2.47. The monoisotopic (exact) mass is 1080 g/mol. The van der Waals surface area contributed by atoms with E-state index in [1.54, 1.807) is 13.6 Å². The highest BCUT2D eigenvalue weighted by Crippen LogP contribution is 2.19. The maximum Gasteiger partial charge on any atom is 0.376 e. The van der Waals surface area contributed by atoms with Gasteiger partial charge in [0.25, 0.3) is 0 Å². The van der Waals surface area contributed by atoms with E-state index in [1.165, 1.54) is 122 Å². The zero-order chi connectivity index (χ0) is 56.6. The van der Waals surface area contributed by atoms with Crippen molar-refractivity contribution in [1.29, 1.82) is 0 Å². The van der Waals surface area contributed by atoms with Crippen molar-refractivity contribution in [2.24, 2.45) is 11.7 Å². The van der Waals surface area contributed by atoms with Crippen molar-refractivity contribution in [2.75, 3.05) is 92.6 Å². The molecule has 9 N–H and O–H groups in total. The molecule has 0 fully saturated rings. The molecule has 0 aromatic heterocycles. The highest BCUT2D eigenvalue weighted by atomic mass is 16.2. The standard InChI is InChI=1S/C55H124B6N8O7/c1-56(71)64(7)44-38-50-66(58(3)73)46-34-36-48-68(60(5)75)52-54(53-69(61(6)76)49-37-35-47-67(59(4)74)51-39-45-65(8)57(2)72)40-30-27-29-33-43-63-55(70)41-31-26-24-22-20-18-16-14-12-10-9-11-13-15-17-19-21-23-25-28-32-42-62/h54,71-76H,9-53,62H2,1-8H3,(H,63,70). The first-order valence-corrected chi connectivity index (χ1v) is 31.9. The highest BCUT2D eigenvalue weighted by Gasteiger charge is 2.26. The fourth-order valence-electron chi connectivity index (χ4n) is 10.4. The number of carbonyl (C=O) groups excluding carboxylic acids is 1. The second kappa shape index (κ2) is 52.4. The molecule has 0 saturated heterocycles. The normalized spacial score (nSPS) is 12.0. The Morgan fingerprint density at radius 1 is 0.368 bits per heavy atom. The summed E-state index contributed by atoms with van der Waals surface area (Å²) in [6.07, 6.45) is 39.0. The molecule has 21 heteroatoms. The van der Waals surface area contributed by atoms with Crippen LogP contribution >= 0.6 is 0 Å². The Bertz CT molecular complexity index is 1210. The Hall–Kier alpha value is -0.660. The van der Waals surface area contributed by atoms with E-state index < -0.39 is 42.3 Å². The molecule has 15 nitrogen and oxygen atoms in total. The summed E-state index contributed by atoms with van der Waals surface area (Å²) in [6, 6.07) is 0. The van der Waals surface area contributed by atoms with Gasteiger partial charge in [-0.2, -0.15) is 0 Å². The van der Waals surface area contributed by atoms with Crippen molar-refractivity contribution in [2.45, 2.75) is 253 Å². The van der Waals surface area contributed by atoms with Gasteiger partial charge in [-0.3, -0.25) is 4.79 Å². The fraction of sp³-hybridized carbons (Fsp3) is 0.982. The van der Waals surface area contributed by atoms with Crippen molar-refractivity contribution in [3.63, 3.8) is 0 Å². The Morgan fingerprint density at radius 2 is 0.658 bits per heavy atom. The van der Waals surface area contributed by atoms with Gasteiger partial charge in [0, 0.05) is 13.0 Å². The molecule has 0 bridgehead atoms. The van der Waals surface area contributed by atoms with Gasteiger partial charge in [-0.15, -0.1) is 0 Å². The molecular formula is C55H124B6N8O7. The molecule has 0 radical (unpaired) electrons. The Kier molecular flexibility index (Phi) is 52.0. The molecule has 0 unspecified atom stereocenters. The minimum Gasteiger partial charge on any atom is -0.437 e. The van der Waals surface area contributed by atoms with Crippen molar-refractivity contribution in [1.82, 2.24) is 34.2 Å². The van der Waals surface area contributed by atoms with E-state index in [0.29, 0.717) is 6.42 Å². The zero-order valence-electron chi connectivity index (χ0n) is 51.2. The first-order chi connectivity index (χ1) is 36.5. The molecule has 0 aliphatic carbocycles.